The average Bonchev–Trinajstić information content (AvgIpc) is 2.76. The molecule has 0 fully saturated rings. The van der Waals surface area contributed by atoms with Crippen molar-refractivity contribution < 1.29 is 19.2 Å². The van der Waals surface area contributed by atoms with Crippen LogP contribution < -0.4 is 4.74 Å². The van der Waals surface area contributed by atoms with E-state index in [1.807, 2.05) is 26.0 Å². The number of hydrogen-bond acceptors (Lipinski definition) is 7. The van der Waals surface area contributed by atoms with Gasteiger partial charge < -0.3 is 9.47 Å². The number of hydrogen-bond donors (Lipinski definition) is 0. The van der Waals surface area contributed by atoms with Gasteiger partial charge in [-0.05, 0) is 74.9 Å². The minimum atomic E-state index is -0.450. The van der Waals surface area contributed by atoms with E-state index in [1.54, 1.807) is 12.1 Å². The van der Waals surface area contributed by atoms with E-state index in [-0.39, 0.29) is 11.7 Å². The summed E-state index contributed by atoms with van der Waals surface area (Å²) in [4.78, 5) is 21.2. The molecule has 8 nitrogen and oxygen atoms in total. The number of aryl methyl sites for hydroxylation is 2. The lowest BCUT2D eigenvalue weighted by Gasteiger charge is -2.11. The Morgan fingerprint density at radius 2 is 1.71 bits per heavy atom. The monoisotopic (exact) mass is 425 g/mol. The Bertz CT molecular complexity index is 939. The Morgan fingerprint density at radius 1 is 1.03 bits per heavy atom. The first kappa shape index (κ1) is 23.7. The van der Waals surface area contributed by atoms with Crippen LogP contribution in [0.15, 0.2) is 59.3 Å². The number of non-ortho nitro benzene ring substituents is 1. The first-order valence-corrected chi connectivity index (χ1v) is 10.1. The number of nitrogens with zero attached hydrogens (tertiary/aromatic N) is 3. The quantitative estimate of drug-likeness (QED) is 0.0992. The molecule has 0 saturated carbocycles. The van der Waals surface area contributed by atoms with E-state index in [4.69, 9.17) is 9.47 Å². The van der Waals surface area contributed by atoms with E-state index in [0.29, 0.717) is 18.9 Å². The molecule has 0 saturated heterocycles. The zero-order valence-corrected chi connectivity index (χ0v) is 17.9. The van der Waals surface area contributed by atoms with Crippen molar-refractivity contribution in [2.75, 3.05) is 13.2 Å². The number of nitro groups is 1. The van der Waals surface area contributed by atoms with Crippen LogP contribution in [0.25, 0.3) is 0 Å². The van der Waals surface area contributed by atoms with Crippen molar-refractivity contribution in [1.82, 2.24) is 0 Å². The highest BCUT2D eigenvalue weighted by Gasteiger charge is 2.07. The standard InChI is InChI=1S/C23H27N3O5/c1-4-23(27)31-14-8-6-5-7-13-30-22-16-17(2)21(15-18(22)3)25-24-19-9-11-20(12-10-19)26(28)29/h4,9-12,15-16H,1,5-8,13-14H2,2-3H3. The highest BCUT2D eigenvalue weighted by molar-refractivity contribution is 5.81. The third-order valence-electron chi connectivity index (χ3n) is 4.53. The number of nitro benzene ring substituents is 1. The van der Waals surface area contributed by atoms with E-state index in [9.17, 15) is 14.9 Å². The number of esters is 1. The highest BCUT2D eigenvalue weighted by atomic mass is 16.6. The molecule has 0 bridgehead atoms. The lowest BCUT2D eigenvalue weighted by molar-refractivity contribution is -0.384. The van der Waals surface area contributed by atoms with Gasteiger partial charge in [0.1, 0.15) is 5.75 Å². The van der Waals surface area contributed by atoms with Gasteiger partial charge in [-0.1, -0.05) is 6.58 Å². The molecular weight excluding hydrogens is 398 g/mol. The summed E-state index contributed by atoms with van der Waals surface area (Å²) in [5, 5.41) is 19.1. The molecule has 31 heavy (non-hydrogen) atoms. The number of carbonyl (C=O) groups is 1. The SMILES string of the molecule is C=CC(=O)OCCCCCCOc1cc(C)c(N=Nc2ccc([N+](=O)[O-])cc2)cc1C. The summed E-state index contributed by atoms with van der Waals surface area (Å²) >= 11 is 0. The van der Waals surface area contributed by atoms with E-state index < -0.39 is 4.92 Å². The molecule has 0 amide bonds. The van der Waals surface area contributed by atoms with Crippen LogP contribution in [-0.4, -0.2) is 24.1 Å². The van der Waals surface area contributed by atoms with Crippen molar-refractivity contribution in [3.05, 3.63) is 70.3 Å². The second kappa shape index (κ2) is 12.2. The molecule has 8 heteroatoms. The van der Waals surface area contributed by atoms with Gasteiger partial charge in [0.2, 0.25) is 0 Å². The predicted octanol–water partition coefficient (Wildman–Crippen LogP) is 6.30. The summed E-state index contributed by atoms with van der Waals surface area (Å²) in [6.45, 7) is 8.26. The van der Waals surface area contributed by atoms with Crippen molar-refractivity contribution >= 4 is 23.0 Å². The Labute approximate surface area is 181 Å². The van der Waals surface area contributed by atoms with E-state index in [2.05, 4.69) is 16.8 Å². The smallest absolute Gasteiger partial charge is 0.330 e. The maximum Gasteiger partial charge on any atom is 0.330 e. The normalized spacial score (nSPS) is 10.8. The molecule has 0 aliphatic heterocycles. The molecule has 0 aliphatic rings. The molecular formula is C23H27N3O5. The van der Waals surface area contributed by atoms with Crippen LogP contribution in [0.1, 0.15) is 36.8 Å². The molecule has 0 N–H and O–H groups in total. The van der Waals surface area contributed by atoms with E-state index in [0.717, 1.165) is 48.2 Å². The number of rotatable bonds is 12. The molecule has 0 heterocycles. The molecule has 0 spiro atoms. The molecule has 164 valence electrons. The Balaban J connectivity index is 1.81. The zero-order chi connectivity index (χ0) is 22.6. The Morgan fingerprint density at radius 3 is 2.35 bits per heavy atom. The minimum absolute atomic E-state index is 0.0172. The van der Waals surface area contributed by atoms with Gasteiger partial charge in [0.25, 0.3) is 5.69 Å². The van der Waals surface area contributed by atoms with E-state index in [1.165, 1.54) is 18.2 Å². The minimum Gasteiger partial charge on any atom is -0.493 e. The summed E-state index contributed by atoms with van der Waals surface area (Å²) in [7, 11) is 0. The molecule has 0 atom stereocenters. The fraction of sp³-hybridized carbons (Fsp3) is 0.348. The van der Waals surface area contributed by atoms with Gasteiger partial charge in [0, 0.05) is 18.2 Å². The summed E-state index contributed by atoms with van der Waals surface area (Å²) < 4.78 is 10.8. The fourth-order valence-corrected chi connectivity index (χ4v) is 2.76. The van der Waals surface area contributed by atoms with Crippen LogP contribution >= 0.6 is 0 Å². The van der Waals surface area contributed by atoms with Gasteiger partial charge in [-0.3, -0.25) is 10.1 Å². The third kappa shape index (κ3) is 8.00. The van der Waals surface area contributed by atoms with Gasteiger partial charge >= 0.3 is 5.97 Å². The molecule has 0 aromatic heterocycles. The largest absolute Gasteiger partial charge is 0.493 e. The van der Waals surface area contributed by atoms with Crippen LogP contribution in [0.2, 0.25) is 0 Å². The highest BCUT2D eigenvalue weighted by Crippen LogP contribution is 2.30. The third-order valence-corrected chi connectivity index (χ3v) is 4.53. The molecule has 2 aromatic rings. The number of ether oxygens (including phenoxy) is 2. The molecule has 2 rings (SSSR count). The second-order valence-corrected chi connectivity index (χ2v) is 7.01. The second-order valence-electron chi connectivity index (χ2n) is 7.01. The molecule has 0 unspecified atom stereocenters. The van der Waals surface area contributed by atoms with Crippen molar-refractivity contribution in [3.8, 4) is 5.75 Å². The predicted molar refractivity (Wildman–Crippen MR) is 118 cm³/mol. The van der Waals surface area contributed by atoms with Gasteiger partial charge in [-0.2, -0.15) is 10.2 Å². The van der Waals surface area contributed by atoms with Crippen molar-refractivity contribution in [3.63, 3.8) is 0 Å². The van der Waals surface area contributed by atoms with Crippen LogP contribution in [-0.2, 0) is 9.53 Å². The number of azo groups is 1. The lowest BCUT2D eigenvalue weighted by Crippen LogP contribution is -2.02. The maximum absolute atomic E-state index is 10.9. The van der Waals surface area contributed by atoms with Gasteiger partial charge in [0.05, 0.1) is 29.5 Å². The first-order valence-electron chi connectivity index (χ1n) is 10.1. The number of carbonyl (C=O) groups excluding carboxylic acids is 1. The lowest BCUT2D eigenvalue weighted by atomic mass is 10.1. The first-order chi connectivity index (χ1) is 14.9. The zero-order valence-electron chi connectivity index (χ0n) is 17.9. The van der Waals surface area contributed by atoms with Crippen molar-refractivity contribution in [2.45, 2.75) is 39.5 Å². The fourth-order valence-electron chi connectivity index (χ4n) is 2.76. The molecule has 0 aliphatic carbocycles. The maximum atomic E-state index is 10.9. The van der Waals surface area contributed by atoms with Crippen LogP contribution in [0.5, 0.6) is 5.75 Å². The summed E-state index contributed by atoms with van der Waals surface area (Å²) in [6.07, 6.45) is 4.86. The van der Waals surface area contributed by atoms with Crippen LogP contribution in [0.4, 0.5) is 17.1 Å². The van der Waals surface area contributed by atoms with Gasteiger partial charge in [-0.15, -0.1) is 0 Å². The molecule has 0 radical (unpaired) electrons. The Kier molecular flexibility index (Phi) is 9.35. The topological polar surface area (TPSA) is 103 Å². The molecule has 2 aromatic carbocycles. The van der Waals surface area contributed by atoms with Crippen LogP contribution in [0.3, 0.4) is 0 Å². The number of unbranched alkanes of at least 4 members (excludes halogenated alkanes) is 3. The van der Waals surface area contributed by atoms with Gasteiger partial charge in [0.15, 0.2) is 0 Å². The van der Waals surface area contributed by atoms with Crippen molar-refractivity contribution in [1.29, 1.82) is 0 Å². The summed E-state index contributed by atoms with van der Waals surface area (Å²) in [6, 6.07) is 9.77. The van der Waals surface area contributed by atoms with Gasteiger partial charge in [-0.25, -0.2) is 4.79 Å². The Hall–Kier alpha value is -3.55. The van der Waals surface area contributed by atoms with E-state index >= 15 is 0 Å². The summed E-state index contributed by atoms with van der Waals surface area (Å²) in [5.74, 6) is 0.427. The number of benzene rings is 2. The van der Waals surface area contributed by atoms with Crippen LogP contribution in [0, 0.1) is 24.0 Å². The van der Waals surface area contributed by atoms with Crippen molar-refractivity contribution in [2.24, 2.45) is 10.2 Å². The average molecular weight is 425 g/mol. The summed E-state index contributed by atoms with van der Waals surface area (Å²) in [5.41, 5.74) is 3.16.